The van der Waals surface area contributed by atoms with Crippen LogP contribution in [-0.2, 0) is 16.4 Å². The van der Waals surface area contributed by atoms with Crippen molar-refractivity contribution in [1.82, 2.24) is 14.7 Å². The number of nitrogens with zero attached hydrogens (tertiary/aromatic N) is 5. The van der Waals surface area contributed by atoms with Gasteiger partial charge in [0.05, 0.1) is 22.3 Å². The number of imidazole rings is 1. The van der Waals surface area contributed by atoms with E-state index in [0.29, 0.717) is 29.0 Å². The molecule has 0 atom stereocenters. The number of azo groups is 1. The van der Waals surface area contributed by atoms with Crippen LogP contribution < -0.4 is 10.5 Å². The van der Waals surface area contributed by atoms with E-state index in [2.05, 4.69) is 25.5 Å². The number of amidine groups is 1. The summed E-state index contributed by atoms with van der Waals surface area (Å²) in [6.45, 7) is 1.88. The Morgan fingerprint density at radius 1 is 1.21 bits per heavy atom. The molecule has 0 spiro atoms. The van der Waals surface area contributed by atoms with Gasteiger partial charge in [0, 0.05) is 11.8 Å². The highest BCUT2D eigenvalue weighted by Crippen LogP contribution is 2.34. The van der Waals surface area contributed by atoms with Crippen molar-refractivity contribution in [3.8, 4) is 11.3 Å². The number of fused-ring (bicyclic) bond motifs is 1. The van der Waals surface area contributed by atoms with Gasteiger partial charge < -0.3 is 5.32 Å². The van der Waals surface area contributed by atoms with E-state index in [9.17, 15) is 8.42 Å². The van der Waals surface area contributed by atoms with Crippen LogP contribution >= 0.6 is 0 Å². The lowest BCUT2D eigenvalue weighted by Gasteiger charge is -2.28. The van der Waals surface area contributed by atoms with E-state index in [-0.39, 0.29) is 17.4 Å². The second kappa shape index (κ2) is 6.83. The number of rotatable bonds is 5. The lowest BCUT2D eigenvalue weighted by atomic mass is 9.91. The molecule has 3 aromatic rings. The first kappa shape index (κ1) is 18.1. The summed E-state index contributed by atoms with van der Waals surface area (Å²) in [5, 5.41) is 16.9. The minimum absolute atomic E-state index is 0.0763. The fraction of sp³-hybridized carbons (Fsp3) is 0.263. The Hall–Kier alpha value is -2.95. The fourth-order valence-electron chi connectivity index (χ4n) is 3.84. The number of aliphatic imine (C=N–C) groups is 1. The van der Waals surface area contributed by atoms with Crippen molar-refractivity contribution in [2.45, 2.75) is 11.3 Å². The molecule has 5 rings (SSSR count). The van der Waals surface area contributed by atoms with Crippen LogP contribution in [0.25, 0.3) is 16.9 Å². The van der Waals surface area contributed by atoms with Gasteiger partial charge in [0.1, 0.15) is 5.65 Å². The highest BCUT2D eigenvalue weighted by molar-refractivity contribution is 7.89. The van der Waals surface area contributed by atoms with Gasteiger partial charge in [-0.2, -0.15) is 5.11 Å². The second-order valence-electron chi connectivity index (χ2n) is 7.19. The van der Waals surface area contributed by atoms with Gasteiger partial charge in [-0.3, -0.25) is 4.40 Å². The van der Waals surface area contributed by atoms with E-state index in [1.807, 2.05) is 40.9 Å². The first-order chi connectivity index (χ1) is 14.0. The number of nitrogens with two attached hydrogens (primary N) is 1. The molecule has 1 saturated heterocycles. The van der Waals surface area contributed by atoms with Crippen LogP contribution in [0.4, 0.5) is 0 Å². The lowest BCUT2D eigenvalue weighted by molar-refractivity contribution is 0.345. The molecular formula is C19H19N7O2S. The summed E-state index contributed by atoms with van der Waals surface area (Å²) in [6, 6.07) is 9.41. The summed E-state index contributed by atoms with van der Waals surface area (Å²) < 4.78 is 27.3. The van der Waals surface area contributed by atoms with E-state index in [1.54, 1.807) is 6.20 Å². The third-order valence-electron chi connectivity index (χ3n) is 5.26. The smallest absolute Gasteiger partial charge is 0.239 e. The fourth-order valence-corrected chi connectivity index (χ4v) is 4.84. The number of sulfonamides is 1. The standard InChI is InChI=1S/C19H19N7O2S/c20-29(27,28)18-13(7-12-8-21-9-12)4-5-14(17(18)19-23-11-24-25-19)15-10-22-16-3-1-2-6-26(15)16/h1-6,10,12,21H,7-9,11H2,(H2,20,27,28). The van der Waals surface area contributed by atoms with Crippen molar-refractivity contribution in [1.29, 1.82) is 0 Å². The van der Waals surface area contributed by atoms with Gasteiger partial charge in [-0.05, 0) is 43.1 Å². The molecule has 0 radical (unpaired) electrons. The zero-order valence-corrected chi connectivity index (χ0v) is 16.3. The first-order valence-electron chi connectivity index (χ1n) is 9.26. The van der Waals surface area contributed by atoms with E-state index in [1.165, 1.54) is 0 Å². The highest BCUT2D eigenvalue weighted by Gasteiger charge is 2.30. The first-order valence-corrected chi connectivity index (χ1v) is 10.8. The zero-order valence-electron chi connectivity index (χ0n) is 15.5. The number of nitrogens with one attached hydrogen (secondary N) is 1. The molecule has 2 aliphatic heterocycles. The zero-order chi connectivity index (χ0) is 20.0. The van der Waals surface area contributed by atoms with Gasteiger partial charge in [-0.15, -0.1) is 5.11 Å². The number of hydrogen-bond donors (Lipinski definition) is 2. The maximum Gasteiger partial charge on any atom is 0.239 e. The van der Waals surface area contributed by atoms with Crippen molar-refractivity contribution in [2.75, 3.05) is 19.8 Å². The van der Waals surface area contributed by atoms with Crippen molar-refractivity contribution in [3.05, 3.63) is 53.9 Å². The van der Waals surface area contributed by atoms with Crippen molar-refractivity contribution < 1.29 is 8.42 Å². The van der Waals surface area contributed by atoms with Gasteiger partial charge in [0.2, 0.25) is 10.0 Å². The summed E-state index contributed by atoms with van der Waals surface area (Å²) in [4.78, 5) is 8.81. The molecule has 2 aliphatic rings. The van der Waals surface area contributed by atoms with Crippen LogP contribution in [0.3, 0.4) is 0 Å². The van der Waals surface area contributed by atoms with Crippen molar-refractivity contribution >= 4 is 21.5 Å². The number of pyridine rings is 1. The quantitative estimate of drug-likeness (QED) is 0.663. The monoisotopic (exact) mass is 409 g/mol. The minimum Gasteiger partial charge on any atom is -0.316 e. The largest absolute Gasteiger partial charge is 0.316 e. The summed E-state index contributed by atoms with van der Waals surface area (Å²) in [7, 11) is -4.03. The normalized spacial score (nSPS) is 16.9. The molecule has 3 N–H and O–H groups in total. The Bertz CT molecular complexity index is 1270. The number of hydrogen-bond acceptors (Lipinski definition) is 7. The number of aromatic nitrogens is 2. The molecule has 29 heavy (non-hydrogen) atoms. The van der Waals surface area contributed by atoms with Gasteiger partial charge in [0.15, 0.2) is 12.5 Å². The molecule has 2 aromatic heterocycles. The van der Waals surface area contributed by atoms with Gasteiger partial charge in [-0.1, -0.05) is 18.2 Å². The van der Waals surface area contributed by atoms with Crippen LogP contribution in [0.1, 0.15) is 11.1 Å². The van der Waals surface area contributed by atoms with Crippen LogP contribution in [0.15, 0.2) is 62.8 Å². The maximum absolute atomic E-state index is 12.7. The Morgan fingerprint density at radius 2 is 2.07 bits per heavy atom. The van der Waals surface area contributed by atoms with Gasteiger partial charge in [0.25, 0.3) is 0 Å². The minimum atomic E-state index is -4.03. The predicted molar refractivity (Wildman–Crippen MR) is 108 cm³/mol. The van der Waals surface area contributed by atoms with E-state index in [0.717, 1.165) is 24.4 Å². The maximum atomic E-state index is 12.7. The molecule has 0 saturated carbocycles. The molecule has 1 fully saturated rings. The van der Waals surface area contributed by atoms with Crippen LogP contribution in [-0.4, -0.2) is 43.4 Å². The SMILES string of the molecule is NS(=O)(=O)c1c(CC2CNC2)ccc(-c2cnc3ccccn23)c1C1=NCN=N1. The molecule has 0 aliphatic carbocycles. The molecule has 148 valence electrons. The average molecular weight is 409 g/mol. The molecule has 1 aromatic carbocycles. The molecule has 10 heteroatoms. The van der Waals surface area contributed by atoms with Crippen LogP contribution in [0.2, 0.25) is 0 Å². The molecule has 9 nitrogen and oxygen atoms in total. The topological polar surface area (TPSA) is 127 Å². The number of benzene rings is 1. The third kappa shape index (κ3) is 3.15. The third-order valence-corrected chi connectivity index (χ3v) is 6.30. The summed E-state index contributed by atoms with van der Waals surface area (Å²) in [5.74, 6) is 0.653. The highest BCUT2D eigenvalue weighted by atomic mass is 32.2. The Kier molecular flexibility index (Phi) is 4.26. The average Bonchev–Trinajstić information content (AvgIpc) is 3.33. The molecule has 0 bridgehead atoms. The molecular weight excluding hydrogens is 390 g/mol. The Balaban J connectivity index is 1.80. The van der Waals surface area contributed by atoms with Crippen molar-refractivity contribution in [2.24, 2.45) is 26.3 Å². The lowest BCUT2D eigenvalue weighted by Crippen LogP contribution is -2.43. The predicted octanol–water partition coefficient (Wildman–Crippen LogP) is 1.58. The molecule has 4 heterocycles. The van der Waals surface area contributed by atoms with E-state index >= 15 is 0 Å². The Labute approximate surface area is 167 Å². The summed E-state index contributed by atoms with van der Waals surface area (Å²) in [6.07, 6.45) is 4.21. The van der Waals surface area contributed by atoms with E-state index in [4.69, 9.17) is 5.14 Å². The Morgan fingerprint density at radius 3 is 2.76 bits per heavy atom. The summed E-state index contributed by atoms with van der Waals surface area (Å²) in [5.41, 5.74) is 3.22. The van der Waals surface area contributed by atoms with Crippen LogP contribution in [0.5, 0.6) is 0 Å². The second-order valence-corrected chi connectivity index (χ2v) is 8.68. The van der Waals surface area contributed by atoms with Crippen molar-refractivity contribution in [3.63, 3.8) is 0 Å². The van der Waals surface area contributed by atoms with Crippen LogP contribution in [0, 0.1) is 5.92 Å². The van der Waals surface area contributed by atoms with E-state index < -0.39 is 10.0 Å². The van der Waals surface area contributed by atoms with Gasteiger partial charge in [-0.25, -0.2) is 23.5 Å². The summed E-state index contributed by atoms with van der Waals surface area (Å²) >= 11 is 0. The van der Waals surface area contributed by atoms with Gasteiger partial charge >= 0.3 is 0 Å². The molecule has 0 unspecified atom stereocenters. The molecule has 0 amide bonds. The number of primary sulfonamides is 1.